The van der Waals surface area contributed by atoms with Crippen LogP contribution in [0.15, 0.2) is 41.7 Å². The van der Waals surface area contributed by atoms with Crippen LogP contribution in [0, 0.1) is 11.3 Å². The van der Waals surface area contributed by atoms with Crippen molar-refractivity contribution in [1.82, 2.24) is 9.97 Å². The van der Waals surface area contributed by atoms with Gasteiger partial charge in [-0.05, 0) is 30.2 Å². The molecule has 0 spiro atoms. The first-order valence-electron chi connectivity index (χ1n) is 7.34. The minimum atomic E-state index is -0.0796. The summed E-state index contributed by atoms with van der Waals surface area (Å²) in [4.78, 5) is 20.4. The number of anilines is 1. The highest BCUT2D eigenvalue weighted by molar-refractivity contribution is 7.99. The van der Waals surface area contributed by atoms with E-state index >= 15 is 0 Å². The summed E-state index contributed by atoms with van der Waals surface area (Å²) in [7, 11) is 0. The first-order valence-corrected chi connectivity index (χ1v) is 8.32. The molecule has 2 aromatic rings. The Bertz CT molecular complexity index is 710. The van der Waals surface area contributed by atoms with Crippen molar-refractivity contribution in [2.45, 2.75) is 31.2 Å². The van der Waals surface area contributed by atoms with Gasteiger partial charge in [-0.1, -0.05) is 13.8 Å². The van der Waals surface area contributed by atoms with Gasteiger partial charge in [-0.15, -0.1) is 11.8 Å². The van der Waals surface area contributed by atoms with E-state index in [-0.39, 0.29) is 5.91 Å². The summed E-state index contributed by atoms with van der Waals surface area (Å²) in [6.45, 7) is 4.12. The number of nitrogens with zero attached hydrogens (tertiary/aromatic N) is 3. The predicted molar refractivity (Wildman–Crippen MR) is 91.2 cm³/mol. The second kappa shape index (κ2) is 8.30. The molecule has 0 aromatic carbocycles. The Balaban J connectivity index is 1.92. The Morgan fingerprint density at radius 1 is 1.39 bits per heavy atom. The average molecular weight is 326 g/mol. The number of nitriles is 1. The molecule has 23 heavy (non-hydrogen) atoms. The molecule has 0 atom stereocenters. The average Bonchev–Trinajstić information content (AvgIpc) is 2.55. The Labute approximate surface area is 140 Å². The number of nitrogens with one attached hydrogen (secondary N) is 1. The minimum absolute atomic E-state index is 0.0796. The van der Waals surface area contributed by atoms with Crippen molar-refractivity contribution < 1.29 is 4.79 Å². The fourth-order valence-corrected chi connectivity index (χ4v) is 2.79. The van der Waals surface area contributed by atoms with Crippen molar-refractivity contribution in [3.8, 4) is 6.07 Å². The number of rotatable bonds is 6. The van der Waals surface area contributed by atoms with Gasteiger partial charge in [0.1, 0.15) is 11.1 Å². The zero-order chi connectivity index (χ0) is 16.7. The second-order valence-corrected chi connectivity index (χ2v) is 6.33. The van der Waals surface area contributed by atoms with E-state index in [0.29, 0.717) is 34.4 Å². The van der Waals surface area contributed by atoms with Crippen molar-refractivity contribution in [2.24, 2.45) is 0 Å². The lowest BCUT2D eigenvalue weighted by Crippen LogP contribution is -2.12. The SMILES string of the molecule is CC(C)c1ccc(C#N)c(SCCC(=O)Nc2cccnc2)n1. The molecule has 0 unspecified atom stereocenters. The highest BCUT2D eigenvalue weighted by atomic mass is 32.2. The summed E-state index contributed by atoms with van der Waals surface area (Å²) in [5.74, 6) is 0.787. The quantitative estimate of drug-likeness (QED) is 0.821. The van der Waals surface area contributed by atoms with E-state index in [1.54, 1.807) is 30.6 Å². The molecule has 0 aliphatic carbocycles. The van der Waals surface area contributed by atoms with E-state index in [0.717, 1.165) is 5.69 Å². The van der Waals surface area contributed by atoms with Gasteiger partial charge in [0.05, 0.1) is 17.4 Å². The fraction of sp³-hybridized carbons (Fsp3) is 0.294. The number of carbonyl (C=O) groups is 1. The van der Waals surface area contributed by atoms with Crippen molar-refractivity contribution in [2.75, 3.05) is 11.1 Å². The Kier molecular flexibility index (Phi) is 6.12. The molecule has 0 aliphatic heterocycles. The van der Waals surface area contributed by atoms with E-state index < -0.39 is 0 Å². The smallest absolute Gasteiger partial charge is 0.225 e. The molecular weight excluding hydrogens is 308 g/mol. The number of pyridine rings is 2. The van der Waals surface area contributed by atoms with Crippen molar-refractivity contribution in [1.29, 1.82) is 5.26 Å². The van der Waals surface area contributed by atoms with Gasteiger partial charge in [-0.25, -0.2) is 4.98 Å². The number of hydrogen-bond acceptors (Lipinski definition) is 5. The van der Waals surface area contributed by atoms with E-state index in [1.807, 2.05) is 6.07 Å². The topological polar surface area (TPSA) is 78.7 Å². The van der Waals surface area contributed by atoms with Gasteiger partial charge in [0, 0.05) is 24.1 Å². The third-order valence-electron chi connectivity index (χ3n) is 3.11. The van der Waals surface area contributed by atoms with Crippen molar-refractivity contribution >= 4 is 23.4 Å². The molecule has 0 aliphatic rings. The van der Waals surface area contributed by atoms with Crippen molar-refractivity contribution in [3.05, 3.63) is 47.9 Å². The van der Waals surface area contributed by atoms with Crippen LogP contribution >= 0.6 is 11.8 Å². The number of carbonyl (C=O) groups excluding carboxylic acids is 1. The van der Waals surface area contributed by atoms with Gasteiger partial charge >= 0.3 is 0 Å². The van der Waals surface area contributed by atoms with Crippen LogP contribution in [0.25, 0.3) is 0 Å². The molecule has 5 nitrogen and oxygen atoms in total. The maximum Gasteiger partial charge on any atom is 0.225 e. The fourth-order valence-electron chi connectivity index (χ4n) is 1.87. The van der Waals surface area contributed by atoms with E-state index in [4.69, 9.17) is 5.26 Å². The zero-order valence-corrected chi connectivity index (χ0v) is 13.9. The highest BCUT2D eigenvalue weighted by Gasteiger charge is 2.10. The van der Waals surface area contributed by atoms with E-state index in [1.165, 1.54) is 11.8 Å². The molecular formula is C17H18N4OS. The third-order valence-corrected chi connectivity index (χ3v) is 4.10. The zero-order valence-electron chi connectivity index (χ0n) is 13.1. The maximum absolute atomic E-state index is 11.9. The van der Waals surface area contributed by atoms with Gasteiger partial charge in [0.2, 0.25) is 5.91 Å². The summed E-state index contributed by atoms with van der Waals surface area (Å²) in [6.07, 6.45) is 3.60. The summed E-state index contributed by atoms with van der Waals surface area (Å²) in [6, 6.07) is 9.38. The molecule has 0 saturated heterocycles. The molecule has 0 bridgehead atoms. The largest absolute Gasteiger partial charge is 0.325 e. The highest BCUT2D eigenvalue weighted by Crippen LogP contribution is 2.24. The number of thioether (sulfide) groups is 1. The van der Waals surface area contributed by atoms with Gasteiger partial charge < -0.3 is 5.32 Å². The molecule has 118 valence electrons. The standard InChI is InChI=1S/C17H18N4OS/c1-12(2)15-6-5-13(10-18)17(21-15)23-9-7-16(22)20-14-4-3-8-19-11-14/h3-6,8,11-12H,7,9H2,1-2H3,(H,20,22). The number of amides is 1. The molecule has 0 radical (unpaired) electrons. The van der Waals surface area contributed by atoms with E-state index in [9.17, 15) is 4.79 Å². The number of aromatic nitrogens is 2. The van der Waals surface area contributed by atoms with Crippen LogP contribution in [-0.4, -0.2) is 21.6 Å². The van der Waals surface area contributed by atoms with Crippen LogP contribution in [0.3, 0.4) is 0 Å². The lowest BCUT2D eigenvalue weighted by molar-refractivity contribution is -0.115. The minimum Gasteiger partial charge on any atom is -0.325 e. The summed E-state index contributed by atoms with van der Waals surface area (Å²) in [5.41, 5.74) is 2.18. The molecule has 1 N–H and O–H groups in total. The monoisotopic (exact) mass is 326 g/mol. The van der Waals surface area contributed by atoms with Crippen LogP contribution in [0.5, 0.6) is 0 Å². The lowest BCUT2D eigenvalue weighted by atomic mass is 10.1. The Morgan fingerprint density at radius 3 is 2.87 bits per heavy atom. The van der Waals surface area contributed by atoms with Crippen LogP contribution in [-0.2, 0) is 4.79 Å². The molecule has 2 aromatic heterocycles. The molecule has 2 rings (SSSR count). The molecule has 0 fully saturated rings. The third kappa shape index (κ3) is 5.08. The molecule has 1 amide bonds. The van der Waals surface area contributed by atoms with Crippen molar-refractivity contribution in [3.63, 3.8) is 0 Å². The van der Waals surface area contributed by atoms with Crippen LogP contribution < -0.4 is 5.32 Å². The van der Waals surface area contributed by atoms with Gasteiger partial charge in [0.15, 0.2) is 0 Å². The molecule has 6 heteroatoms. The van der Waals surface area contributed by atoms with Crippen LogP contribution in [0.2, 0.25) is 0 Å². The Morgan fingerprint density at radius 2 is 2.22 bits per heavy atom. The summed E-state index contributed by atoms with van der Waals surface area (Å²) < 4.78 is 0. The second-order valence-electron chi connectivity index (χ2n) is 5.24. The maximum atomic E-state index is 11.9. The summed E-state index contributed by atoms with van der Waals surface area (Å²) in [5, 5.41) is 12.6. The first kappa shape index (κ1) is 17.0. The van der Waals surface area contributed by atoms with Crippen LogP contribution in [0.4, 0.5) is 5.69 Å². The van der Waals surface area contributed by atoms with Crippen LogP contribution in [0.1, 0.15) is 37.4 Å². The van der Waals surface area contributed by atoms with Gasteiger partial charge in [-0.2, -0.15) is 5.26 Å². The Hall–Kier alpha value is -2.39. The molecule has 2 heterocycles. The van der Waals surface area contributed by atoms with Gasteiger partial charge in [0.25, 0.3) is 0 Å². The first-order chi connectivity index (χ1) is 11.1. The van der Waals surface area contributed by atoms with E-state index in [2.05, 4.69) is 35.2 Å². The predicted octanol–water partition coefficient (Wildman–Crippen LogP) is 3.59. The van der Waals surface area contributed by atoms with Gasteiger partial charge in [-0.3, -0.25) is 9.78 Å². The molecule has 0 saturated carbocycles. The lowest BCUT2D eigenvalue weighted by Gasteiger charge is -2.09. The summed E-state index contributed by atoms with van der Waals surface area (Å²) >= 11 is 1.43. The normalized spacial score (nSPS) is 10.3. The number of hydrogen-bond donors (Lipinski definition) is 1.